The lowest BCUT2D eigenvalue weighted by atomic mass is 9.78. The maximum absolute atomic E-state index is 11.7. The van der Waals surface area contributed by atoms with Crippen LogP contribution in [0.25, 0.3) is 0 Å². The number of allylic oxidation sites excluding steroid dienone is 2. The Morgan fingerprint density at radius 2 is 2.15 bits per heavy atom. The van der Waals surface area contributed by atoms with Crippen LogP contribution >= 0.6 is 0 Å². The van der Waals surface area contributed by atoms with Crippen molar-refractivity contribution in [3.8, 4) is 0 Å². The van der Waals surface area contributed by atoms with E-state index in [0.29, 0.717) is 0 Å². The summed E-state index contributed by atoms with van der Waals surface area (Å²) in [4.78, 5) is 13.8. The van der Waals surface area contributed by atoms with Crippen molar-refractivity contribution in [2.45, 2.75) is 59.8 Å². The highest BCUT2D eigenvalue weighted by Gasteiger charge is 2.45. The van der Waals surface area contributed by atoms with Crippen molar-refractivity contribution in [2.24, 2.45) is 23.7 Å². The summed E-state index contributed by atoms with van der Waals surface area (Å²) < 4.78 is 0. The standard InChI is InChI=1S/C18H31NO/c1-5-6-9-19(15(4)20)12-16-11-18(16)17-8-7-13(2)10-14(17)3/h10,14,16-18H,5-9,11-12H2,1-4H3/t14?,16-,17?,18?/m1/s1. The molecule has 0 heterocycles. The molecule has 2 nitrogen and oxygen atoms in total. The quantitative estimate of drug-likeness (QED) is 0.664. The SMILES string of the molecule is CCCCN(C[C@H]1CC1C1CCC(C)=CC1C)C(C)=O. The van der Waals surface area contributed by atoms with Crippen molar-refractivity contribution in [1.82, 2.24) is 4.90 Å². The summed E-state index contributed by atoms with van der Waals surface area (Å²) in [6.45, 7) is 10.5. The van der Waals surface area contributed by atoms with Crippen LogP contribution in [0.4, 0.5) is 0 Å². The molecular formula is C18H31NO. The first-order valence-corrected chi connectivity index (χ1v) is 8.45. The van der Waals surface area contributed by atoms with Gasteiger partial charge in [0, 0.05) is 20.0 Å². The van der Waals surface area contributed by atoms with Crippen LogP contribution in [0, 0.1) is 23.7 Å². The summed E-state index contributed by atoms with van der Waals surface area (Å²) in [5, 5.41) is 0. The highest BCUT2D eigenvalue weighted by molar-refractivity contribution is 5.73. The number of nitrogens with zero attached hydrogens (tertiary/aromatic N) is 1. The third-order valence-corrected chi connectivity index (χ3v) is 5.30. The van der Waals surface area contributed by atoms with Crippen molar-refractivity contribution in [3.63, 3.8) is 0 Å². The Balaban J connectivity index is 1.83. The minimum atomic E-state index is 0.261. The summed E-state index contributed by atoms with van der Waals surface area (Å²) in [5.74, 6) is 3.51. The van der Waals surface area contributed by atoms with E-state index in [-0.39, 0.29) is 5.91 Å². The van der Waals surface area contributed by atoms with E-state index in [4.69, 9.17) is 0 Å². The van der Waals surface area contributed by atoms with Gasteiger partial charge in [-0.1, -0.05) is 31.9 Å². The highest BCUT2D eigenvalue weighted by atomic mass is 16.2. The Labute approximate surface area is 124 Å². The Hall–Kier alpha value is -0.790. The normalized spacial score (nSPS) is 32.7. The number of hydrogen-bond acceptors (Lipinski definition) is 1. The summed E-state index contributed by atoms with van der Waals surface area (Å²) in [5.41, 5.74) is 1.57. The molecule has 0 radical (unpaired) electrons. The van der Waals surface area contributed by atoms with Crippen molar-refractivity contribution >= 4 is 5.91 Å². The number of carbonyl (C=O) groups is 1. The van der Waals surface area contributed by atoms with Gasteiger partial charge >= 0.3 is 0 Å². The van der Waals surface area contributed by atoms with E-state index >= 15 is 0 Å². The molecule has 4 atom stereocenters. The lowest BCUT2D eigenvalue weighted by molar-refractivity contribution is -0.129. The zero-order valence-corrected chi connectivity index (χ0v) is 13.7. The Morgan fingerprint density at radius 1 is 1.40 bits per heavy atom. The fraction of sp³-hybridized carbons (Fsp3) is 0.833. The molecule has 2 aliphatic carbocycles. The number of amides is 1. The molecule has 114 valence electrons. The molecule has 0 aliphatic heterocycles. The maximum Gasteiger partial charge on any atom is 0.219 e. The van der Waals surface area contributed by atoms with Gasteiger partial charge in [0.15, 0.2) is 0 Å². The van der Waals surface area contributed by atoms with Gasteiger partial charge in [0.25, 0.3) is 0 Å². The fourth-order valence-corrected chi connectivity index (χ4v) is 3.93. The van der Waals surface area contributed by atoms with Crippen LogP contribution in [0.15, 0.2) is 11.6 Å². The van der Waals surface area contributed by atoms with Crippen LogP contribution in [0.3, 0.4) is 0 Å². The van der Waals surface area contributed by atoms with E-state index in [1.165, 1.54) is 25.7 Å². The van der Waals surface area contributed by atoms with Crippen molar-refractivity contribution < 1.29 is 4.79 Å². The molecule has 2 heteroatoms. The van der Waals surface area contributed by atoms with Crippen LogP contribution < -0.4 is 0 Å². The minimum absolute atomic E-state index is 0.261. The van der Waals surface area contributed by atoms with Crippen LogP contribution in [0.2, 0.25) is 0 Å². The largest absolute Gasteiger partial charge is 0.343 e. The molecule has 0 aromatic rings. The third kappa shape index (κ3) is 3.86. The van der Waals surface area contributed by atoms with Crippen LogP contribution in [0.5, 0.6) is 0 Å². The molecule has 0 N–H and O–H groups in total. The van der Waals surface area contributed by atoms with Gasteiger partial charge in [0.2, 0.25) is 5.91 Å². The summed E-state index contributed by atoms with van der Waals surface area (Å²) in [6, 6.07) is 0. The number of unbranched alkanes of at least 4 members (excludes halogenated alkanes) is 1. The molecule has 0 spiro atoms. The van der Waals surface area contributed by atoms with E-state index in [1.54, 1.807) is 12.5 Å². The Bertz CT molecular complexity index is 374. The predicted molar refractivity (Wildman–Crippen MR) is 84.4 cm³/mol. The van der Waals surface area contributed by atoms with E-state index in [0.717, 1.165) is 43.2 Å². The fourth-order valence-electron chi connectivity index (χ4n) is 3.93. The number of rotatable bonds is 6. The zero-order valence-electron chi connectivity index (χ0n) is 13.7. The molecule has 0 saturated heterocycles. The van der Waals surface area contributed by atoms with Gasteiger partial charge in [-0.05, 0) is 56.3 Å². The second kappa shape index (κ2) is 6.78. The lowest BCUT2D eigenvalue weighted by Gasteiger charge is -2.28. The molecule has 1 amide bonds. The van der Waals surface area contributed by atoms with Gasteiger partial charge < -0.3 is 4.90 Å². The summed E-state index contributed by atoms with van der Waals surface area (Å²) in [6.07, 6.45) is 8.77. The average Bonchev–Trinajstić information content (AvgIpc) is 3.13. The highest BCUT2D eigenvalue weighted by Crippen LogP contribution is 2.51. The Morgan fingerprint density at radius 3 is 2.75 bits per heavy atom. The first-order chi connectivity index (χ1) is 9.52. The molecule has 0 aromatic carbocycles. The predicted octanol–water partition coefficient (Wildman–Crippen LogP) is 4.26. The first-order valence-electron chi connectivity index (χ1n) is 8.45. The molecule has 1 saturated carbocycles. The van der Waals surface area contributed by atoms with Crippen molar-refractivity contribution in [3.05, 3.63) is 11.6 Å². The van der Waals surface area contributed by atoms with Gasteiger partial charge in [0.05, 0.1) is 0 Å². The number of carbonyl (C=O) groups excluding carboxylic acids is 1. The first kappa shape index (κ1) is 15.6. The van der Waals surface area contributed by atoms with Gasteiger partial charge in [0.1, 0.15) is 0 Å². The van der Waals surface area contributed by atoms with Gasteiger partial charge in [-0.2, -0.15) is 0 Å². The van der Waals surface area contributed by atoms with Crippen LogP contribution in [-0.2, 0) is 4.79 Å². The van der Waals surface area contributed by atoms with Crippen LogP contribution in [0.1, 0.15) is 59.8 Å². The molecule has 2 aliphatic rings. The van der Waals surface area contributed by atoms with Crippen molar-refractivity contribution in [2.75, 3.05) is 13.1 Å². The van der Waals surface area contributed by atoms with Gasteiger partial charge in [-0.25, -0.2) is 0 Å². The monoisotopic (exact) mass is 277 g/mol. The Kier molecular flexibility index (Phi) is 5.29. The number of hydrogen-bond donors (Lipinski definition) is 0. The lowest BCUT2D eigenvalue weighted by Crippen LogP contribution is -2.32. The van der Waals surface area contributed by atoms with Crippen molar-refractivity contribution in [1.29, 1.82) is 0 Å². The maximum atomic E-state index is 11.7. The molecule has 1 fully saturated rings. The average molecular weight is 277 g/mol. The molecule has 0 bridgehead atoms. The summed E-state index contributed by atoms with van der Waals surface area (Å²) in [7, 11) is 0. The molecule has 3 unspecified atom stereocenters. The molecule has 20 heavy (non-hydrogen) atoms. The van der Waals surface area contributed by atoms with E-state index < -0.39 is 0 Å². The molecule has 2 rings (SSSR count). The van der Waals surface area contributed by atoms with Crippen LogP contribution in [-0.4, -0.2) is 23.9 Å². The third-order valence-electron chi connectivity index (χ3n) is 5.30. The van der Waals surface area contributed by atoms with E-state index in [2.05, 4.69) is 31.7 Å². The topological polar surface area (TPSA) is 20.3 Å². The van der Waals surface area contributed by atoms with E-state index in [9.17, 15) is 4.79 Å². The minimum Gasteiger partial charge on any atom is -0.343 e. The molecule has 0 aromatic heterocycles. The van der Waals surface area contributed by atoms with Gasteiger partial charge in [-0.15, -0.1) is 0 Å². The van der Waals surface area contributed by atoms with E-state index in [1.807, 2.05) is 0 Å². The molecular weight excluding hydrogens is 246 g/mol. The second-order valence-corrected chi connectivity index (χ2v) is 7.05. The smallest absolute Gasteiger partial charge is 0.219 e. The second-order valence-electron chi connectivity index (χ2n) is 7.05. The van der Waals surface area contributed by atoms with Gasteiger partial charge in [-0.3, -0.25) is 4.79 Å². The zero-order chi connectivity index (χ0) is 14.7. The summed E-state index contributed by atoms with van der Waals surface area (Å²) >= 11 is 0.